The van der Waals surface area contributed by atoms with Gasteiger partial charge in [-0.1, -0.05) is 29.3 Å². The standard InChI is InChI=1S/C18H16ClNO3S/c1-12-3-6-17(7-4-12)24(22,23)20-16(9-13(2)21)11-14-10-15(19)5-8-18(14)20/h3-8,10-11H,9H2,1-2H3. The van der Waals surface area contributed by atoms with E-state index in [1.54, 1.807) is 48.5 Å². The lowest BCUT2D eigenvalue weighted by Crippen LogP contribution is -2.17. The van der Waals surface area contributed by atoms with Gasteiger partial charge in [0.15, 0.2) is 0 Å². The molecule has 1 heterocycles. The van der Waals surface area contributed by atoms with Crippen molar-refractivity contribution in [1.29, 1.82) is 0 Å². The van der Waals surface area contributed by atoms with Crippen molar-refractivity contribution in [2.45, 2.75) is 25.2 Å². The zero-order chi connectivity index (χ0) is 17.5. The van der Waals surface area contributed by atoms with Crippen LogP contribution in [-0.2, 0) is 21.2 Å². The van der Waals surface area contributed by atoms with Crippen LogP contribution < -0.4 is 0 Å². The number of fused-ring (bicyclic) bond motifs is 1. The second-order valence-corrected chi connectivity index (χ2v) is 8.02. The van der Waals surface area contributed by atoms with Crippen LogP contribution in [-0.4, -0.2) is 18.2 Å². The maximum absolute atomic E-state index is 13.1. The topological polar surface area (TPSA) is 56.1 Å². The molecular weight excluding hydrogens is 346 g/mol. The Morgan fingerprint density at radius 3 is 2.38 bits per heavy atom. The van der Waals surface area contributed by atoms with E-state index in [1.165, 1.54) is 10.9 Å². The molecule has 3 aromatic rings. The Kier molecular flexibility index (Phi) is 4.24. The van der Waals surface area contributed by atoms with Crippen molar-refractivity contribution >= 4 is 38.3 Å². The highest BCUT2D eigenvalue weighted by atomic mass is 35.5. The molecule has 0 aliphatic heterocycles. The van der Waals surface area contributed by atoms with Crippen LogP contribution in [0.15, 0.2) is 53.4 Å². The molecule has 3 rings (SSSR count). The van der Waals surface area contributed by atoms with Crippen LogP contribution in [0.5, 0.6) is 0 Å². The maximum Gasteiger partial charge on any atom is 0.268 e. The minimum Gasteiger partial charge on any atom is -0.300 e. The molecule has 124 valence electrons. The molecule has 0 spiro atoms. The summed E-state index contributed by atoms with van der Waals surface area (Å²) in [6.45, 7) is 3.33. The third-order valence-corrected chi connectivity index (χ3v) is 5.80. The van der Waals surface area contributed by atoms with Gasteiger partial charge in [0.25, 0.3) is 10.0 Å². The Labute approximate surface area is 145 Å². The monoisotopic (exact) mass is 361 g/mol. The number of aryl methyl sites for hydroxylation is 1. The first-order chi connectivity index (χ1) is 11.3. The van der Waals surface area contributed by atoms with Crippen LogP contribution in [0.2, 0.25) is 5.02 Å². The highest BCUT2D eigenvalue weighted by Crippen LogP contribution is 2.28. The fourth-order valence-electron chi connectivity index (χ4n) is 2.70. The van der Waals surface area contributed by atoms with Gasteiger partial charge in [-0.25, -0.2) is 12.4 Å². The fraction of sp³-hybridized carbons (Fsp3) is 0.167. The van der Waals surface area contributed by atoms with Gasteiger partial charge in [-0.2, -0.15) is 0 Å². The second kappa shape index (κ2) is 6.07. The zero-order valence-corrected chi connectivity index (χ0v) is 14.9. The van der Waals surface area contributed by atoms with E-state index in [0.29, 0.717) is 21.6 Å². The van der Waals surface area contributed by atoms with E-state index in [4.69, 9.17) is 11.6 Å². The van der Waals surface area contributed by atoms with Crippen LogP contribution in [0.25, 0.3) is 10.9 Å². The summed E-state index contributed by atoms with van der Waals surface area (Å²) >= 11 is 6.01. The zero-order valence-electron chi connectivity index (χ0n) is 13.3. The number of carbonyl (C=O) groups is 1. The molecule has 0 unspecified atom stereocenters. The Hall–Kier alpha value is -2.11. The molecule has 0 aliphatic carbocycles. The molecule has 0 saturated carbocycles. The lowest BCUT2D eigenvalue weighted by Gasteiger charge is -2.11. The molecule has 0 saturated heterocycles. The van der Waals surface area contributed by atoms with Crippen molar-refractivity contribution in [3.63, 3.8) is 0 Å². The van der Waals surface area contributed by atoms with Gasteiger partial charge in [-0.15, -0.1) is 0 Å². The Balaban J connectivity index is 2.30. The lowest BCUT2D eigenvalue weighted by molar-refractivity contribution is -0.116. The van der Waals surface area contributed by atoms with E-state index >= 15 is 0 Å². The number of halogens is 1. The molecule has 0 N–H and O–H groups in total. The number of benzene rings is 2. The number of aromatic nitrogens is 1. The van der Waals surface area contributed by atoms with E-state index in [0.717, 1.165) is 5.56 Å². The summed E-state index contributed by atoms with van der Waals surface area (Å²) in [7, 11) is -3.81. The fourth-order valence-corrected chi connectivity index (χ4v) is 4.42. The highest BCUT2D eigenvalue weighted by Gasteiger charge is 2.23. The predicted molar refractivity (Wildman–Crippen MR) is 95.1 cm³/mol. The highest BCUT2D eigenvalue weighted by molar-refractivity contribution is 7.90. The third-order valence-electron chi connectivity index (χ3n) is 3.78. The summed E-state index contributed by atoms with van der Waals surface area (Å²) in [6.07, 6.45) is 0.0391. The normalized spacial score (nSPS) is 11.8. The number of hydrogen-bond donors (Lipinski definition) is 0. The molecule has 0 fully saturated rings. The first-order valence-corrected chi connectivity index (χ1v) is 9.22. The van der Waals surface area contributed by atoms with Crippen molar-refractivity contribution in [3.05, 3.63) is 64.8 Å². The number of hydrogen-bond acceptors (Lipinski definition) is 3. The maximum atomic E-state index is 13.1. The SMILES string of the molecule is CC(=O)Cc1cc2cc(Cl)ccc2n1S(=O)(=O)c1ccc(C)cc1. The molecule has 2 aromatic carbocycles. The van der Waals surface area contributed by atoms with Crippen LogP contribution in [0, 0.1) is 6.92 Å². The van der Waals surface area contributed by atoms with E-state index in [2.05, 4.69) is 0 Å². The van der Waals surface area contributed by atoms with E-state index in [-0.39, 0.29) is 17.1 Å². The minimum absolute atomic E-state index is 0.0391. The Morgan fingerprint density at radius 1 is 1.08 bits per heavy atom. The van der Waals surface area contributed by atoms with Gasteiger partial charge in [0.05, 0.1) is 10.4 Å². The van der Waals surface area contributed by atoms with Crippen molar-refractivity contribution in [3.8, 4) is 0 Å². The second-order valence-electron chi connectivity index (χ2n) is 5.80. The van der Waals surface area contributed by atoms with Gasteiger partial charge in [-0.3, -0.25) is 4.79 Å². The van der Waals surface area contributed by atoms with Gasteiger partial charge < -0.3 is 0 Å². The molecule has 0 atom stereocenters. The van der Waals surface area contributed by atoms with E-state index in [9.17, 15) is 13.2 Å². The smallest absolute Gasteiger partial charge is 0.268 e. The third kappa shape index (κ3) is 2.97. The molecule has 24 heavy (non-hydrogen) atoms. The summed E-state index contributed by atoms with van der Waals surface area (Å²) < 4.78 is 27.5. The number of ketones is 1. The first kappa shape index (κ1) is 16.7. The van der Waals surface area contributed by atoms with Crippen LogP contribution in [0.3, 0.4) is 0 Å². The van der Waals surface area contributed by atoms with Gasteiger partial charge in [0, 0.05) is 22.5 Å². The summed E-state index contributed by atoms with van der Waals surface area (Å²) in [6, 6.07) is 13.3. The van der Waals surface area contributed by atoms with Crippen molar-refractivity contribution in [1.82, 2.24) is 3.97 Å². The van der Waals surface area contributed by atoms with Crippen LogP contribution in [0.4, 0.5) is 0 Å². The molecule has 6 heteroatoms. The van der Waals surface area contributed by atoms with Gasteiger partial charge in [-0.05, 0) is 50.2 Å². The van der Waals surface area contributed by atoms with Crippen molar-refractivity contribution < 1.29 is 13.2 Å². The molecular formula is C18H16ClNO3S. The number of rotatable bonds is 4. The largest absolute Gasteiger partial charge is 0.300 e. The summed E-state index contributed by atoms with van der Waals surface area (Å²) in [5, 5.41) is 1.20. The Bertz CT molecular complexity index is 1030. The molecule has 4 nitrogen and oxygen atoms in total. The lowest BCUT2D eigenvalue weighted by atomic mass is 10.2. The van der Waals surface area contributed by atoms with Crippen LogP contribution in [0.1, 0.15) is 18.2 Å². The van der Waals surface area contributed by atoms with Crippen molar-refractivity contribution in [2.24, 2.45) is 0 Å². The number of nitrogens with zero attached hydrogens (tertiary/aromatic N) is 1. The van der Waals surface area contributed by atoms with E-state index in [1.807, 2.05) is 6.92 Å². The van der Waals surface area contributed by atoms with Crippen molar-refractivity contribution in [2.75, 3.05) is 0 Å². The van der Waals surface area contributed by atoms with Gasteiger partial charge >= 0.3 is 0 Å². The van der Waals surface area contributed by atoms with Gasteiger partial charge in [0.1, 0.15) is 5.78 Å². The molecule has 0 aliphatic rings. The molecule has 0 radical (unpaired) electrons. The Morgan fingerprint density at radius 2 is 1.75 bits per heavy atom. The van der Waals surface area contributed by atoms with E-state index < -0.39 is 10.0 Å². The minimum atomic E-state index is -3.81. The first-order valence-electron chi connectivity index (χ1n) is 7.40. The predicted octanol–water partition coefficient (Wildman–Crippen LogP) is 3.97. The average Bonchev–Trinajstić information content (AvgIpc) is 2.84. The molecule has 0 bridgehead atoms. The van der Waals surface area contributed by atoms with Crippen LogP contribution >= 0.6 is 11.6 Å². The molecule has 0 amide bonds. The summed E-state index contributed by atoms with van der Waals surface area (Å²) in [5.41, 5.74) is 1.92. The summed E-state index contributed by atoms with van der Waals surface area (Å²) in [5.74, 6) is -0.107. The molecule has 1 aromatic heterocycles. The van der Waals surface area contributed by atoms with Gasteiger partial charge in [0.2, 0.25) is 0 Å². The average molecular weight is 362 g/mol. The quantitative estimate of drug-likeness (QED) is 0.706. The summed E-state index contributed by atoms with van der Waals surface area (Å²) in [4.78, 5) is 11.8. The number of Topliss-reactive ketones (excluding diaryl/α,β-unsaturated/α-hetero) is 1. The number of carbonyl (C=O) groups excluding carboxylic acids is 1.